The molecular formula is C17H15F2NO3. The minimum atomic E-state index is -0.718. The number of carbonyl (C=O) groups excluding carboxylic acids is 1. The van der Waals surface area contributed by atoms with E-state index in [0.717, 1.165) is 6.07 Å². The maximum atomic E-state index is 14.2. The van der Waals surface area contributed by atoms with E-state index in [1.807, 2.05) is 0 Å². The van der Waals surface area contributed by atoms with Crippen molar-refractivity contribution >= 4 is 5.91 Å². The molecule has 6 heteroatoms. The van der Waals surface area contributed by atoms with Crippen LogP contribution in [0.4, 0.5) is 8.78 Å². The van der Waals surface area contributed by atoms with Crippen molar-refractivity contribution in [2.75, 3.05) is 20.2 Å². The number of hydrogen-bond acceptors (Lipinski definition) is 3. The molecule has 1 fully saturated rings. The maximum Gasteiger partial charge on any atom is 0.257 e. The lowest BCUT2D eigenvalue weighted by Gasteiger charge is -2.35. The first-order valence-corrected chi connectivity index (χ1v) is 7.10. The minimum Gasteiger partial charge on any atom is -0.497 e. The number of hydrogen-bond donors (Lipinski definition) is 1. The third-order valence-electron chi connectivity index (χ3n) is 3.84. The Kier molecular flexibility index (Phi) is 4.00. The highest BCUT2D eigenvalue weighted by atomic mass is 19.1. The molecular weight excluding hydrogens is 304 g/mol. The second kappa shape index (κ2) is 5.96. The van der Waals surface area contributed by atoms with Gasteiger partial charge in [-0.1, -0.05) is 6.07 Å². The van der Waals surface area contributed by atoms with Gasteiger partial charge in [0.1, 0.15) is 17.4 Å². The molecule has 1 aliphatic rings. The van der Waals surface area contributed by atoms with Crippen LogP contribution in [0.2, 0.25) is 0 Å². The molecule has 3 rings (SSSR count). The zero-order chi connectivity index (χ0) is 16.6. The van der Waals surface area contributed by atoms with Crippen LogP contribution >= 0.6 is 0 Å². The lowest BCUT2D eigenvalue weighted by molar-refractivity contribution is 0.00559. The molecule has 1 heterocycles. The molecule has 4 nitrogen and oxygen atoms in total. The monoisotopic (exact) mass is 319 g/mol. The summed E-state index contributed by atoms with van der Waals surface area (Å²) in [4.78, 5) is 13.4. The van der Waals surface area contributed by atoms with Crippen molar-refractivity contribution in [1.82, 2.24) is 4.90 Å². The van der Waals surface area contributed by atoms with Crippen LogP contribution in [0.1, 0.15) is 10.4 Å². The number of halogens is 2. The van der Waals surface area contributed by atoms with Gasteiger partial charge in [0.05, 0.1) is 18.8 Å². The van der Waals surface area contributed by atoms with Crippen molar-refractivity contribution in [1.29, 1.82) is 0 Å². The molecule has 2 aromatic carbocycles. The Morgan fingerprint density at radius 1 is 1.17 bits per heavy atom. The van der Waals surface area contributed by atoms with E-state index in [9.17, 15) is 18.7 Å². The number of nitrogens with zero attached hydrogens (tertiary/aromatic N) is 1. The van der Waals surface area contributed by atoms with Crippen molar-refractivity contribution < 1.29 is 23.4 Å². The number of aliphatic hydroxyl groups is 1. The largest absolute Gasteiger partial charge is 0.497 e. The zero-order valence-corrected chi connectivity index (χ0v) is 12.4. The van der Waals surface area contributed by atoms with Gasteiger partial charge >= 0.3 is 0 Å². The summed E-state index contributed by atoms with van der Waals surface area (Å²) in [5, 5.41) is 9.21. The fourth-order valence-electron chi connectivity index (χ4n) is 2.50. The van der Waals surface area contributed by atoms with Gasteiger partial charge in [0, 0.05) is 24.7 Å². The van der Waals surface area contributed by atoms with Crippen molar-refractivity contribution in [3.63, 3.8) is 0 Å². The molecule has 0 spiro atoms. The Hall–Kier alpha value is -2.47. The normalized spacial score (nSPS) is 14.5. The first-order chi connectivity index (χ1) is 11.0. The summed E-state index contributed by atoms with van der Waals surface area (Å²) in [6, 6.07) is 8.26. The van der Waals surface area contributed by atoms with Crippen LogP contribution in [0.3, 0.4) is 0 Å². The molecule has 0 radical (unpaired) electrons. The highest BCUT2D eigenvalue weighted by Crippen LogP contribution is 2.28. The highest BCUT2D eigenvalue weighted by molar-refractivity contribution is 5.95. The van der Waals surface area contributed by atoms with E-state index in [2.05, 4.69) is 0 Å². The summed E-state index contributed by atoms with van der Waals surface area (Å²) in [5.41, 5.74) is 0.473. The number of likely N-dealkylation sites (tertiary alicyclic amines) is 1. The summed E-state index contributed by atoms with van der Waals surface area (Å²) >= 11 is 0. The van der Waals surface area contributed by atoms with E-state index in [1.54, 1.807) is 6.07 Å². The summed E-state index contributed by atoms with van der Waals surface area (Å²) in [5.74, 6) is -1.36. The standard InChI is InChI=1S/C17H15F2NO3/c1-23-12-3-5-13(16(19)7-12)10-2-4-14(15(18)6-10)17(22)20-8-11(21)9-20/h2-7,11,21H,8-9H2,1H3. The van der Waals surface area contributed by atoms with E-state index in [1.165, 1.54) is 36.3 Å². The highest BCUT2D eigenvalue weighted by Gasteiger charge is 2.30. The van der Waals surface area contributed by atoms with Crippen molar-refractivity contribution in [3.05, 3.63) is 53.6 Å². The lowest BCUT2D eigenvalue weighted by atomic mass is 10.0. The topological polar surface area (TPSA) is 49.8 Å². The van der Waals surface area contributed by atoms with Gasteiger partial charge in [0.25, 0.3) is 5.91 Å². The van der Waals surface area contributed by atoms with Crippen molar-refractivity contribution in [2.45, 2.75) is 6.10 Å². The van der Waals surface area contributed by atoms with Crippen molar-refractivity contribution in [3.8, 4) is 16.9 Å². The molecule has 0 aliphatic carbocycles. The molecule has 0 saturated carbocycles. The summed E-state index contributed by atoms with van der Waals surface area (Å²) < 4.78 is 33.2. The zero-order valence-electron chi connectivity index (χ0n) is 12.4. The number of rotatable bonds is 3. The smallest absolute Gasteiger partial charge is 0.257 e. The Bertz CT molecular complexity index is 757. The van der Waals surface area contributed by atoms with Gasteiger partial charge < -0.3 is 14.7 Å². The number of aliphatic hydroxyl groups excluding tert-OH is 1. The maximum absolute atomic E-state index is 14.2. The predicted molar refractivity (Wildman–Crippen MR) is 80.3 cm³/mol. The lowest BCUT2D eigenvalue weighted by Crippen LogP contribution is -2.53. The summed E-state index contributed by atoms with van der Waals surface area (Å²) in [6.45, 7) is 0.403. The van der Waals surface area contributed by atoms with Gasteiger partial charge in [-0.3, -0.25) is 4.79 Å². The first-order valence-electron chi connectivity index (χ1n) is 7.10. The number of benzene rings is 2. The second-order valence-corrected chi connectivity index (χ2v) is 5.40. The van der Waals surface area contributed by atoms with E-state index in [4.69, 9.17) is 4.74 Å². The fraction of sp³-hybridized carbons (Fsp3) is 0.235. The van der Waals surface area contributed by atoms with Crippen LogP contribution < -0.4 is 4.74 Å². The SMILES string of the molecule is COc1ccc(-c2ccc(C(=O)N3CC(O)C3)c(F)c2)c(F)c1. The molecule has 1 amide bonds. The van der Waals surface area contributed by atoms with Crippen LogP contribution in [0, 0.1) is 11.6 Å². The number of carbonyl (C=O) groups is 1. The molecule has 0 aromatic heterocycles. The molecule has 1 aliphatic heterocycles. The van der Waals surface area contributed by atoms with Gasteiger partial charge in [-0.15, -0.1) is 0 Å². The molecule has 120 valence electrons. The third-order valence-corrected chi connectivity index (χ3v) is 3.84. The van der Waals surface area contributed by atoms with Crippen molar-refractivity contribution in [2.24, 2.45) is 0 Å². The average molecular weight is 319 g/mol. The molecule has 0 unspecified atom stereocenters. The van der Waals surface area contributed by atoms with Gasteiger partial charge in [-0.25, -0.2) is 8.78 Å². The Labute approximate surface area is 131 Å². The van der Waals surface area contributed by atoms with E-state index in [0.29, 0.717) is 11.3 Å². The quantitative estimate of drug-likeness (QED) is 0.945. The van der Waals surface area contributed by atoms with Crippen LogP contribution in [0.25, 0.3) is 11.1 Å². The Balaban J connectivity index is 1.89. The molecule has 2 aromatic rings. The first kappa shape index (κ1) is 15.4. The van der Waals surface area contributed by atoms with E-state index < -0.39 is 23.6 Å². The minimum absolute atomic E-state index is 0.0884. The van der Waals surface area contributed by atoms with Crippen LogP contribution in [-0.2, 0) is 0 Å². The number of methoxy groups -OCH3 is 1. The summed E-state index contributed by atoms with van der Waals surface area (Å²) in [7, 11) is 1.43. The van der Waals surface area contributed by atoms with Gasteiger partial charge in [-0.2, -0.15) is 0 Å². The number of amides is 1. The summed E-state index contributed by atoms with van der Waals surface area (Å²) in [6.07, 6.45) is -0.547. The van der Waals surface area contributed by atoms with E-state index >= 15 is 0 Å². The molecule has 0 atom stereocenters. The number of β-amino-alcohol motifs (C(OH)–C–C–N with tert-alkyl or cyclic N) is 1. The van der Waals surface area contributed by atoms with Crippen LogP contribution in [-0.4, -0.2) is 42.2 Å². The molecule has 23 heavy (non-hydrogen) atoms. The van der Waals surface area contributed by atoms with Gasteiger partial charge in [-0.05, 0) is 29.8 Å². The predicted octanol–water partition coefficient (Wildman–Crippen LogP) is 2.46. The Morgan fingerprint density at radius 2 is 1.91 bits per heavy atom. The van der Waals surface area contributed by atoms with E-state index in [-0.39, 0.29) is 24.2 Å². The van der Waals surface area contributed by atoms with Crippen LogP contribution in [0.5, 0.6) is 5.75 Å². The van der Waals surface area contributed by atoms with Gasteiger partial charge in [0.2, 0.25) is 0 Å². The second-order valence-electron chi connectivity index (χ2n) is 5.40. The fourth-order valence-corrected chi connectivity index (χ4v) is 2.50. The molecule has 0 bridgehead atoms. The van der Waals surface area contributed by atoms with Crippen LogP contribution in [0.15, 0.2) is 36.4 Å². The Morgan fingerprint density at radius 3 is 2.48 bits per heavy atom. The molecule has 1 saturated heterocycles. The van der Waals surface area contributed by atoms with Gasteiger partial charge in [0.15, 0.2) is 0 Å². The average Bonchev–Trinajstić information content (AvgIpc) is 2.51. The molecule has 1 N–H and O–H groups in total. The number of ether oxygens (including phenoxy) is 1. The third kappa shape index (κ3) is 2.90.